The Hall–Kier alpha value is -1.88. The number of likely N-dealkylation sites (tertiary alicyclic amines) is 1. The second-order valence-electron chi connectivity index (χ2n) is 5.63. The van der Waals surface area contributed by atoms with Crippen LogP contribution in [0.2, 0.25) is 0 Å². The smallest absolute Gasteiger partial charge is 0.251 e. The third-order valence-corrected chi connectivity index (χ3v) is 3.73. The van der Waals surface area contributed by atoms with E-state index in [1.807, 2.05) is 26.0 Å². The molecule has 0 saturated carbocycles. The van der Waals surface area contributed by atoms with E-state index in [0.717, 1.165) is 17.5 Å². The Bertz CT molecular complexity index is 542. The van der Waals surface area contributed by atoms with Gasteiger partial charge in [0.25, 0.3) is 5.91 Å². The fourth-order valence-corrected chi connectivity index (χ4v) is 2.59. The highest BCUT2D eigenvalue weighted by molar-refractivity contribution is 5.95. The molecular weight excluding hydrogens is 268 g/mol. The summed E-state index contributed by atoms with van der Waals surface area (Å²) < 4.78 is 0. The third kappa shape index (κ3) is 4.04. The number of amides is 2. The van der Waals surface area contributed by atoms with Gasteiger partial charge in [0.1, 0.15) is 0 Å². The van der Waals surface area contributed by atoms with E-state index in [1.54, 1.807) is 11.0 Å². The number of aliphatic hydroxyl groups excluding tert-OH is 1. The van der Waals surface area contributed by atoms with E-state index >= 15 is 0 Å². The van der Waals surface area contributed by atoms with Gasteiger partial charge in [0.15, 0.2) is 0 Å². The van der Waals surface area contributed by atoms with Crippen molar-refractivity contribution in [2.75, 3.05) is 19.6 Å². The number of nitrogens with one attached hydrogen (secondary N) is 1. The highest BCUT2D eigenvalue weighted by Crippen LogP contribution is 2.11. The number of carbonyl (C=O) groups excluding carboxylic acids is 2. The maximum absolute atomic E-state index is 12.1. The maximum Gasteiger partial charge on any atom is 0.251 e. The van der Waals surface area contributed by atoms with Crippen molar-refractivity contribution in [3.8, 4) is 0 Å². The standard InChI is InChI=1S/C16H22N2O3/c1-11-5-6-14(12(2)8-11)16(21)17-9-13(19)10-18-7-3-4-15(18)20/h5-6,8,13,19H,3-4,7,9-10H2,1-2H3,(H,17,21)/t13-/m0/s1. The van der Waals surface area contributed by atoms with E-state index in [9.17, 15) is 14.7 Å². The average Bonchev–Trinajstić information content (AvgIpc) is 2.81. The zero-order valence-corrected chi connectivity index (χ0v) is 12.6. The largest absolute Gasteiger partial charge is 0.389 e. The van der Waals surface area contributed by atoms with Crippen LogP contribution < -0.4 is 5.32 Å². The number of rotatable bonds is 5. The quantitative estimate of drug-likeness (QED) is 0.850. The molecule has 2 N–H and O–H groups in total. The summed E-state index contributed by atoms with van der Waals surface area (Å²) in [7, 11) is 0. The monoisotopic (exact) mass is 290 g/mol. The van der Waals surface area contributed by atoms with Crippen molar-refractivity contribution >= 4 is 11.8 Å². The first kappa shape index (κ1) is 15.5. The van der Waals surface area contributed by atoms with Crippen molar-refractivity contribution in [2.45, 2.75) is 32.8 Å². The third-order valence-electron chi connectivity index (χ3n) is 3.73. The fourth-order valence-electron chi connectivity index (χ4n) is 2.59. The molecule has 114 valence electrons. The molecule has 1 saturated heterocycles. The summed E-state index contributed by atoms with van der Waals surface area (Å²) in [6, 6.07) is 5.63. The van der Waals surface area contributed by atoms with Gasteiger partial charge in [-0.3, -0.25) is 9.59 Å². The Kier molecular flexibility index (Phi) is 4.96. The molecule has 0 radical (unpaired) electrons. The topological polar surface area (TPSA) is 69.6 Å². The van der Waals surface area contributed by atoms with E-state index in [1.165, 1.54) is 0 Å². The lowest BCUT2D eigenvalue weighted by atomic mass is 10.1. The van der Waals surface area contributed by atoms with Crippen LogP contribution in [-0.4, -0.2) is 47.6 Å². The Balaban J connectivity index is 1.84. The van der Waals surface area contributed by atoms with E-state index in [2.05, 4.69) is 5.32 Å². The molecule has 2 amide bonds. The predicted octanol–water partition coefficient (Wildman–Crippen LogP) is 1.02. The van der Waals surface area contributed by atoms with Crippen molar-refractivity contribution in [1.82, 2.24) is 10.2 Å². The molecule has 0 bridgehead atoms. The molecule has 1 aromatic carbocycles. The van der Waals surface area contributed by atoms with E-state index in [-0.39, 0.29) is 24.9 Å². The van der Waals surface area contributed by atoms with Crippen LogP contribution in [0.25, 0.3) is 0 Å². The lowest BCUT2D eigenvalue weighted by Gasteiger charge is -2.20. The van der Waals surface area contributed by atoms with Crippen LogP contribution >= 0.6 is 0 Å². The minimum atomic E-state index is -0.734. The van der Waals surface area contributed by atoms with Crippen LogP contribution in [0.1, 0.15) is 34.3 Å². The van der Waals surface area contributed by atoms with Gasteiger partial charge < -0.3 is 15.3 Å². The fraction of sp³-hybridized carbons (Fsp3) is 0.500. The second kappa shape index (κ2) is 6.72. The van der Waals surface area contributed by atoms with Crippen LogP contribution in [-0.2, 0) is 4.79 Å². The highest BCUT2D eigenvalue weighted by Gasteiger charge is 2.22. The number of hydrogen-bond donors (Lipinski definition) is 2. The minimum absolute atomic E-state index is 0.0785. The summed E-state index contributed by atoms with van der Waals surface area (Å²) >= 11 is 0. The van der Waals surface area contributed by atoms with Gasteiger partial charge in [-0.1, -0.05) is 17.7 Å². The summed E-state index contributed by atoms with van der Waals surface area (Å²) in [6.45, 7) is 5.00. The van der Waals surface area contributed by atoms with Crippen LogP contribution in [0.4, 0.5) is 0 Å². The number of hydrogen-bond acceptors (Lipinski definition) is 3. The van der Waals surface area contributed by atoms with E-state index < -0.39 is 6.10 Å². The zero-order chi connectivity index (χ0) is 15.4. The molecule has 1 aliphatic heterocycles. The van der Waals surface area contributed by atoms with Gasteiger partial charge in [-0.15, -0.1) is 0 Å². The Morgan fingerprint density at radius 2 is 2.19 bits per heavy atom. The SMILES string of the molecule is Cc1ccc(C(=O)NC[C@H](O)CN2CCCC2=O)c(C)c1. The molecule has 1 aliphatic rings. The number of β-amino-alcohol motifs (C(OH)–C–C–N with tert-alkyl or cyclic N) is 1. The summed E-state index contributed by atoms with van der Waals surface area (Å²) in [6.07, 6.45) is 0.670. The summed E-state index contributed by atoms with van der Waals surface area (Å²) in [5.74, 6) is -0.117. The number of carbonyl (C=O) groups is 2. The number of aryl methyl sites for hydroxylation is 2. The van der Waals surface area contributed by atoms with Crippen molar-refractivity contribution in [1.29, 1.82) is 0 Å². The van der Waals surface area contributed by atoms with Crippen LogP contribution in [0, 0.1) is 13.8 Å². The van der Waals surface area contributed by atoms with Crippen molar-refractivity contribution in [2.24, 2.45) is 0 Å². The Morgan fingerprint density at radius 1 is 1.43 bits per heavy atom. The van der Waals surface area contributed by atoms with Gasteiger partial charge in [0, 0.05) is 31.6 Å². The molecule has 0 spiro atoms. The highest BCUT2D eigenvalue weighted by atomic mass is 16.3. The molecule has 0 aromatic heterocycles. The van der Waals surface area contributed by atoms with Gasteiger partial charge in [0.2, 0.25) is 5.91 Å². The molecule has 0 unspecified atom stereocenters. The Morgan fingerprint density at radius 3 is 2.81 bits per heavy atom. The number of aliphatic hydroxyl groups is 1. The van der Waals surface area contributed by atoms with Crippen molar-refractivity contribution in [3.05, 3.63) is 34.9 Å². The normalized spacial score (nSPS) is 16.1. The summed E-state index contributed by atoms with van der Waals surface area (Å²) in [5.41, 5.74) is 2.64. The molecule has 2 rings (SSSR count). The van der Waals surface area contributed by atoms with Gasteiger partial charge in [-0.2, -0.15) is 0 Å². The van der Waals surface area contributed by atoms with Crippen molar-refractivity contribution < 1.29 is 14.7 Å². The van der Waals surface area contributed by atoms with Gasteiger partial charge in [0.05, 0.1) is 6.10 Å². The molecule has 5 nitrogen and oxygen atoms in total. The average molecular weight is 290 g/mol. The molecule has 5 heteroatoms. The van der Waals surface area contributed by atoms with Gasteiger partial charge in [-0.05, 0) is 31.9 Å². The predicted molar refractivity (Wildman–Crippen MR) is 80.1 cm³/mol. The van der Waals surface area contributed by atoms with Gasteiger partial charge in [-0.25, -0.2) is 0 Å². The first-order chi connectivity index (χ1) is 9.97. The zero-order valence-electron chi connectivity index (χ0n) is 12.6. The molecular formula is C16H22N2O3. The summed E-state index contributed by atoms with van der Waals surface area (Å²) in [4.78, 5) is 25.2. The maximum atomic E-state index is 12.1. The number of nitrogens with zero attached hydrogens (tertiary/aromatic N) is 1. The molecule has 1 aromatic rings. The van der Waals surface area contributed by atoms with E-state index in [4.69, 9.17) is 0 Å². The first-order valence-electron chi connectivity index (χ1n) is 7.28. The van der Waals surface area contributed by atoms with Crippen LogP contribution in [0.5, 0.6) is 0 Å². The number of benzene rings is 1. The summed E-state index contributed by atoms with van der Waals surface area (Å²) in [5, 5.41) is 12.6. The molecule has 1 heterocycles. The first-order valence-corrected chi connectivity index (χ1v) is 7.28. The Labute approximate surface area is 125 Å². The molecule has 1 atom stereocenters. The van der Waals surface area contributed by atoms with Crippen LogP contribution in [0.3, 0.4) is 0 Å². The van der Waals surface area contributed by atoms with E-state index in [0.29, 0.717) is 18.5 Å². The van der Waals surface area contributed by atoms with Crippen molar-refractivity contribution in [3.63, 3.8) is 0 Å². The lowest BCUT2D eigenvalue weighted by molar-refractivity contribution is -0.128. The minimum Gasteiger partial charge on any atom is -0.389 e. The second-order valence-corrected chi connectivity index (χ2v) is 5.63. The molecule has 21 heavy (non-hydrogen) atoms. The van der Waals surface area contributed by atoms with Crippen LogP contribution in [0.15, 0.2) is 18.2 Å². The van der Waals surface area contributed by atoms with Gasteiger partial charge >= 0.3 is 0 Å². The lowest BCUT2D eigenvalue weighted by Crippen LogP contribution is -2.40. The molecule has 1 fully saturated rings. The molecule has 0 aliphatic carbocycles.